The Morgan fingerprint density at radius 2 is 2.33 bits per heavy atom. The highest BCUT2D eigenvalue weighted by Gasteiger charge is 2.32. The summed E-state index contributed by atoms with van der Waals surface area (Å²) >= 11 is 0. The molecule has 0 aromatic rings. The van der Waals surface area contributed by atoms with E-state index in [9.17, 15) is 0 Å². The van der Waals surface area contributed by atoms with Gasteiger partial charge < -0.3 is 20.7 Å². The van der Waals surface area contributed by atoms with Crippen LogP contribution in [0.25, 0.3) is 0 Å². The van der Waals surface area contributed by atoms with Gasteiger partial charge in [0.1, 0.15) is 6.10 Å². The lowest BCUT2D eigenvalue weighted by molar-refractivity contribution is 0.00336. The molecule has 0 radical (unpaired) electrons. The van der Waals surface area contributed by atoms with Gasteiger partial charge in [-0.1, -0.05) is 0 Å². The smallest absolute Gasteiger partial charge is 0.108 e. The summed E-state index contributed by atoms with van der Waals surface area (Å²) in [5, 5.41) is 17.6. The second kappa shape index (κ2) is 2.62. The number of aliphatic hydroxyl groups is 2. The van der Waals surface area contributed by atoms with Crippen molar-refractivity contribution in [2.45, 2.75) is 18.2 Å². The third kappa shape index (κ3) is 1.21. The van der Waals surface area contributed by atoms with E-state index in [0.717, 1.165) is 0 Å². The fraction of sp³-hybridized carbons (Fsp3) is 1.00. The molecule has 0 spiro atoms. The normalized spacial score (nSPS) is 43.7. The molecule has 0 bridgehead atoms. The van der Waals surface area contributed by atoms with E-state index in [0.29, 0.717) is 6.61 Å². The van der Waals surface area contributed by atoms with E-state index >= 15 is 0 Å². The van der Waals surface area contributed by atoms with Gasteiger partial charge in [0, 0.05) is 0 Å². The van der Waals surface area contributed by atoms with Crippen LogP contribution in [0.3, 0.4) is 0 Å². The predicted octanol–water partition coefficient (Wildman–Crippen LogP) is -1.93. The van der Waals surface area contributed by atoms with E-state index in [1.165, 1.54) is 0 Å². The summed E-state index contributed by atoms with van der Waals surface area (Å²) in [7, 11) is 0. The maximum absolute atomic E-state index is 9.05. The molecule has 0 amide bonds. The van der Waals surface area contributed by atoms with Crippen LogP contribution >= 0.6 is 0 Å². The monoisotopic (exact) mass is 133 g/mol. The number of rotatable bonds is 1. The number of ether oxygens (including phenoxy) is 1. The maximum Gasteiger partial charge on any atom is 0.108 e. The van der Waals surface area contributed by atoms with E-state index in [4.69, 9.17) is 20.7 Å². The molecule has 4 heteroatoms. The molecule has 4 N–H and O–H groups in total. The van der Waals surface area contributed by atoms with Crippen molar-refractivity contribution in [3.8, 4) is 0 Å². The molecule has 4 nitrogen and oxygen atoms in total. The molecule has 54 valence electrons. The third-order valence-corrected chi connectivity index (χ3v) is 1.50. The fourth-order valence-electron chi connectivity index (χ4n) is 0.868. The average Bonchev–Trinajstić information content (AvgIpc) is 2.15. The van der Waals surface area contributed by atoms with Crippen LogP contribution in [0.2, 0.25) is 0 Å². The van der Waals surface area contributed by atoms with Gasteiger partial charge >= 0.3 is 0 Å². The maximum atomic E-state index is 9.05. The highest BCUT2D eigenvalue weighted by Crippen LogP contribution is 2.10. The highest BCUT2D eigenvalue weighted by atomic mass is 16.5. The van der Waals surface area contributed by atoms with Gasteiger partial charge in [-0.25, -0.2) is 0 Å². The molecular formula is C5H11NO3. The van der Waals surface area contributed by atoms with Gasteiger partial charge in [-0.15, -0.1) is 0 Å². The zero-order valence-electron chi connectivity index (χ0n) is 5.03. The lowest BCUT2D eigenvalue weighted by Gasteiger charge is -2.10. The second-order valence-corrected chi connectivity index (χ2v) is 2.21. The van der Waals surface area contributed by atoms with Crippen molar-refractivity contribution in [2.75, 3.05) is 13.2 Å². The minimum Gasteiger partial charge on any atom is -0.394 e. The Hall–Kier alpha value is -0.160. The molecule has 9 heavy (non-hydrogen) atoms. The fourth-order valence-corrected chi connectivity index (χ4v) is 0.868. The molecule has 3 atom stereocenters. The van der Waals surface area contributed by atoms with Crippen LogP contribution in [-0.2, 0) is 4.74 Å². The lowest BCUT2D eigenvalue weighted by atomic mass is 10.1. The van der Waals surface area contributed by atoms with Crippen molar-refractivity contribution in [2.24, 2.45) is 5.73 Å². The zero-order valence-corrected chi connectivity index (χ0v) is 5.03. The summed E-state index contributed by atoms with van der Waals surface area (Å²) < 4.78 is 4.90. The van der Waals surface area contributed by atoms with Crippen molar-refractivity contribution in [3.05, 3.63) is 0 Å². The Morgan fingerprint density at radius 1 is 1.67 bits per heavy atom. The van der Waals surface area contributed by atoms with Gasteiger partial charge in [-0.05, 0) is 0 Å². The van der Waals surface area contributed by atoms with Crippen LogP contribution in [0.4, 0.5) is 0 Å². The first-order valence-electron chi connectivity index (χ1n) is 2.92. The van der Waals surface area contributed by atoms with Gasteiger partial charge in [-0.2, -0.15) is 0 Å². The van der Waals surface area contributed by atoms with Crippen LogP contribution in [0.5, 0.6) is 0 Å². The van der Waals surface area contributed by atoms with Crippen molar-refractivity contribution in [1.82, 2.24) is 0 Å². The summed E-state index contributed by atoms with van der Waals surface area (Å²) in [5.74, 6) is 0. The zero-order chi connectivity index (χ0) is 6.85. The number of hydrogen-bond acceptors (Lipinski definition) is 4. The molecule has 1 rings (SSSR count). The molecule has 0 aliphatic carbocycles. The highest BCUT2D eigenvalue weighted by molar-refractivity contribution is 4.85. The second-order valence-electron chi connectivity index (χ2n) is 2.21. The average molecular weight is 133 g/mol. The first kappa shape index (κ1) is 6.95. The summed E-state index contributed by atoms with van der Waals surface area (Å²) in [6.45, 7) is 0.182. The van der Waals surface area contributed by atoms with Crippen LogP contribution in [0.15, 0.2) is 0 Å². The molecule has 0 aromatic heterocycles. The van der Waals surface area contributed by atoms with Gasteiger partial charge in [-0.3, -0.25) is 0 Å². The Morgan fingerprint density at radius 3 is 2.56 bits per heavy atom. The van der Waals surface area contributed by atoms with E-state index in [-0.39, 0.29) is 12.6 Å². The topological polar surface area (TPSA) is 75.7 Å². The molecule has 3 unspecified atom stereocenters. The lowest BCUT2D eigenvalue weighted by Crippen LogP contribution is -2.37. The van der Waals surface area contributed by atoms with Crippen molar-refractivity contribution >= 4 is 0 Å². The summed E-state index contributed by atoms with van der Waals surface area (Å²) in [5.41, 5.74) is 5.36. The predicted molar refractivity (Wildman–Crippen MR) is 30.8 cm³/mol. The first-order valence-corrected chi connectivity index (χ1v) is 2.92. The number of nitrogens with two attached hydrogens (primary N) is 1. The number of aliphatic hydroxyl groups excluding tert-OH is 2. The summed E-state index contributed by atoms with van der Waals surface area (Å²) in [6.07, 6.45) is -1.17. The quantitative estimate of drug-likeness (QED) is 0.389. The Kier molecular flexibility index (Phi) is 2.02. The van der Waals surface area contributed by atoms with Gasteiger partial charge in [0.05, 0.1) is 25.4 Å². The third-order valence-electron chi connectivity index (χ3n) is 1.50. The van der Waals surface area contributed by atoms with Gasteiger partial charge in [0.15, 0.2) is 0 Å². The Bertz CT molecular complexity index is 98.2. The minimum absolute atomic E-state index is 0.158. The largest absolute Gasteiger partial charge is 0.394 e. The Labute approximate surface area is 53.2 Å². The van der Waals surface area contributed by atoms with Crippen molar-refractivity contribution in [1.29, 1.82) is 0 Å². The summed E-state index contributed by atoms with van der Waals surface area (Å²) in [4.78, 5) is 0. The van der Waals surface area contributed by atoms with Gasteiger partial charge in [0.25, 0.3) is 0 Å². The molecule has 1 heterocycles. The molecular weight excluding hydrogens is 122 g/mol. The molecule has 1 aliphatic rings. The number of hydrogen-bond donors (Lipinski definition) is 3. The molecule has 0 aromatic carbocycles. The van der Waals surface area contributed by atoms with E-state index in [2.05, 4.69) is 0 Å². The van der Waals surface area contributed by atoms with Gasteiger partial charge in [0.2, 0.25) is 0 Å². The molecule has 0 saturated carbocycles. The minimum atomic E-state index is -0.699. The van der Waals surface area contributed by atoms with Crippen molar-refractivity contribution in [3.63, 3.8) is 0 Å². The van der Waals surface area contributed by atoms with E-state index in [1.54, 1.807) is 0 Å². The first-order chi connectivity index (χ1) is 4.25. The van der Waals surface area contributed by atoms with Crippen LogP contribution < -0.4 is 5.73 Å². The van der Waals surface area contributed by atoms with E-state index < -0.39 is 12.2 Å². The SMILES string of the molecule is NC1COC(CO)C1O. The van der Waals surface area contributed by atoms with Crippen LogP contribution in [0.1, 0.15) is 0 Å². The molecule has 1 saturated heterocycles. The standard InChI is InChI=1S/C5H11NO3/c6-3-2-9-4(1-7)5(3)8/h3-5,7-8H,1-2,6H2. The van der Waals surface area contributed by atoms with Crippen molar-refractivity contribution < 1.29 is 14.9 Å². The van der Waals surface area contributed by atoms with Crippen LogP contribution in [0, 0.1) is 0 Å². The van der Waals surface area contributed by atoms with E-state index in [1.807, 2.05) is 0 Å². The van der Waals surface area contributed by atoms with Crippen LogP contribution in [-0.4, -0.2) is 41.7 Å². The molecule has 1 aliphatic heterocycles. The Balaban J connectivity index is 2.41. The summed E-state index contributed by atoms with van der Waals surface area (Å²) in [6, 6.07) is -0.331. The molecule has 1 fully saturated rings.